The van der Waals surface area contributed by atoms with E-state index < -0.39 is 23.1 Å². The van der Waals surface area contributed by atoms with Crippen molar-refractivity contribution in [3.8, 4) is 0 Å². The van der Waals surface area contributed by atoms with Crippen LogP contribution in [0, 0.1) is 0 Å². The fourth-order valence-corrected chi connectivity index (χ4v) is 4.40. The molecule has 2 aliphatic rings. The van der Waals surface area contributed by atoms with Crippen LogP contribution in [0.4, 0.5) is 19.2 Å². The first-order valence-corrected chi connectivity index (χ1v) is 12.1. The molecule has 1 fully saturated rings. The summed E-state index contributed by atoms with van der Waals surface area (Å²) in [6.07, 6.45) is -3.62. The molecule has 0 aromatic carbocycles. The number of hydrogen-bond acceptors (Lipinski definition) is 8. The van der Waals surface area contributed by atoms with E-state index in [1.807, 2.05) is 25.7 Å². The molecule has 0 saturated carbocycles. The van der Waals surface area contributed by atoms with Gasteiger partial charge in [-0.25, -0.2) is 4.98 Å². The van der Waals surface area contributed by atoms with Crippen molar-refractivity contribution in [3.05, 3.63) is 46.2 Å². The predicted octanol–water partition coefficient (Wildman–Crippen LogP) is 4.94. The maximum atomic E-state index is 14.0. The zero-order chi connectivity index (χ0) is 26.5. The maximum absolute atomic E-state index is 14.0. The number of pyridine rings is 1. The Bertz CT molecular complexity index is 1410. The van der Waals surface area contributed by atoms with Gasteiger partial charge in [0, 0.05) is 42.7 Å². The first-order valence-electron chi connectivity index (χ1n) is 11.7. The number of halogens is 4. The Morgan fingerprint density at radius 3 is 2.41 bits per heavy atom. The van der Waals surface area contributed by atoms with Gasteiger partial charge in [-0.15, -0.1) is 0 Å². The first-order chi connectivity index (χ1) is 17.4. The fraction of sp³-hybridized carbons (Fsp3) is 0.458. The third-order valence-electron chi connectivity index (χ3n) is 6.25. The van der Waals surface area contributed by atoms with Gasteiger partial charge in [0.25, 0.3) is 6.01 Å². The van der Waals surface area contributed by atoms with Crippen molar-refractivity contribution in [2.45, 2.75) is 45.2 Å². The third kappa shape index (κ3) is 5.07. The summed E-state index contributed by atoms with van der Waals surface area (Å²) in [5, 5.41) is 4.09. The van der Waals surface area contributed by atoms with Crippen molar-refractivity contribution in [1.82, 2.24) is 25.0 Å². The minimum absolute atomic E-state index is 0.0199. The number of rotatable bonds is 3. The van der Waals surface area contributed by atoms with Crippen molar-refractivity contribution >= 4 is 40.3 Å². The van der Waals surface area contributed by atoms with Gasteiger partial charge in [-0.2, -0.15) is 23.1 Å². The van der Waals surface area contributed by atoms with Crippen LogP contribution in [0.1, 0.15) is 45.3 Å². The first kappa shape index (κ1) is 25.2. The maximum Gasteiger partial charge on any atom is 0.416 e. The summed E-state index contributed by atoms with van der Waals surface area (Å²) in [4.78, 5) is 29.2. The predicted molar refractivity (Wildman–Crippen MR) is 129 cm³/mol. The van der Waals surface area contributed by atoms with Crippen LogP contribution < -0.4 is 4.90 Å². The molecule has 0 atom stereocenters. The van der Waals surface area contributed by atoms with Crippen LogP contribution in [0.15, 0.2) is 38.3 Å². The van der Waals surface area contributed by atoms with Gasteiger partial charge in [-0.3, -0.25) is 4.79 Å². The van der Waals surface area contributed by atoms with E-state index >= 15 is 0 Å². The molecule has 3 aromatic heterocycles. The molecule has 196 valence electrons. The Morgan fingerprint density at radius 1 is 1.03 bits per heavy atom. The van der Waals surface area contributed by atoms with Gasteiger partial charge in [-0.1, -0.05) is 37.5 Å². The number of allylic oxidation sites excluding steroid dienone is 3. The summed E-state index contributed by atoms with van der Waals surface area (Å²) in [5.41, 5.74) is -0.516. The number of carbonyl (C=O) groups excluding carboxylic acids is 1. The molecule has 1 aliphatic carbocycles. The molecule has 0 N–H and O–H groups in total. The SMILES string of the molecule is CC(C)(C)c1nc(C2=C(C(F)(F)F)C=C(C(=O)N3CCN(c4nc5nc(Cl)ccc5o4)CC3)CC2)no1. The number of fused-ring (bicyclic) bond motifs is 1. The van der Waals surface area contributed by atoms with Crippen LogP contribution in [0.3, 0.4) is 0 Å². The van der Waals surface area contributed by atoms with Gasteiger partial charge in [0.15, 0.2) is 11.4 Å². The van der Waals surface area contributed by atoms with Crippen molar-refractivity contribution in [1.29, 1.82) is 0 Å². The molecular formula is C24H24ClF3N6O3. The number of aromatic nitrogens is 4. The Balaban J connectivity index is 1.33. The number of hydrogen-bond donors (Lipinski definition) is 0. The van der Waals surface area contributed by atoms with Crippen LogP contribution in [0.2, 0.25) is 5.15 Å². The number of anilines is 1. The average Bonchev–Trinajstić information content (AvgIpc) is 3.50. The molecule has 3 aromatic rings. The second-order valence-corrected chi connectivity index (χ2v) is 10.4. The van der Waals surface area contributed by atoms with E-state index in [4.69, 9.17) is 20.5 Å². The number of alkyl halides is 3. The van der Waals surface area contributed by atoms with Gasteiger partial charge >= 0.3 is 6.18 Å². The van der Waals surface area contributed by atoms with Crippen molar-refractivity contribution < 1.29 is 26.9 Å². The second kappa shape index (κ2) is 9.16. The number of oxazole rings is 1. The van der Waals surface area contributed by atoms with E-state index in [1.54, 1.807) is 17.0 Å². The summed E-state index contributed by atoms with van der Waals surface area (Å²) in [5.74, 6) is -0.268. The molecule has 1 aliphatic heterocycles. The minimum Gasteiger partial charge on any atom is -0.422 e. The number of nitrogens with zero attached hydrogens (tertiary/aromatic N) is 6. The Hall–Kier alpha value is -3.41. The highest BCUT2D eigenvalue weighted by molar-refractivity contribution is 6.29. The summed E-state index contributed by atoms with van der Waals surface area (Å²) in [6, 6.07) is 3.63. The number of amides is 1. The lowest BCUT2D eigenvalue weighted by Gasteiger charge is -2.34. The second-order valence-electron chi connectivity index (χ2n) is 9.96. The van der Waals surface area contributed by atoms with Crippen molar-refractivity contribution in [2.75, 3.05) is 31.1 Å². The normalized spacial score (nSPS) is 17.5. The molecule has 5 rings (SSSR count). The molecule has 4 heterocycles. The minimum atomic E-state index is -4.67. The Kier molecular flexibility index (Phi) is 6.25. The number of carbonyl (C=O) groups is 1. The van der Waals surface area contributed by atoms with E-state index in [-0.39, 0.29) is 35.7 Å². The van der Waals surface area contributed by atoms with Gasteiger partial charge in [0.05, 0.1) is 5.57 Å². The fourth-order valence-electron chi connectivity index (χ4n) is 4.26. The molecular weight excluding hydrogens is 513 g/mol. The molecule has 0 radical (unpaired) electrons. The van der Waals surface area contributed by atoms with Crippen molar-refractivity contribution in [2.24, 2.45) is 0 Å². The quantitative estimate of drug-likeness (QED) is 0.434. The molecule has 1 saturated heterocycles. The lowest BCUT2D eigenvalue weighted by molar-refractivity contribution is -0.127. The molecule has 1 amide bonds. The summed E-state index contributed by atoms with van der Waals surface area (Å²) in [7, 11) is 0. The summed E-state index contributed by atoms with van der Waals surface area (Å²) >= 11 is 5.90. The highest BCUT2D eigenvalue weighted by Gasteiger charge is 2.40. The highest BCUT2D eigenvalue weighted by atomic mass is 35.5. The monoisotopic (exact) mass is 536 g/mol. The molecule has 13 heteroatoms. The number of piperazine rings is 1. The molecule has 0 bridgehead atoms. The van der Waals surface area contributed by atoms with Crippen LogP contribution in [-0.2, 0) is 10.2 Å². The Labute approximate surface area is 215 Å². The van der Waals surface area contributed by atoms with Crippen LogP contribution >= 0.6 is 11.6 Å². The van der Waals surface area contributed by atoms with Gasteiger partial charge in [-0.05, 0) is 31.1 Å². The van der Waals surface area contributed by atoms with Crippen LogP contribution in [-0.4, -0.2) is 63.3 Å². The molecule has 37 heavy (non-hydrogen) atoms. The van der Waals surface area contributed by atoms with E-state index in [0.29, 0.717) is 48.6 Å². The van der Waals surface area contributed by atoms with E-state index in [1.165, 1.54) is 0 Å². The van der Waals surface area contributed by atoms with Gasteiger partial charge in [0.1, 0.15) is 5.15 Å². The molecule has 0 spiro atoms. The summed E-state index contributed by atoms with van der Waals surface area (Å²) < 4.78 is 52.9. The van der Waals surface area contributed by atoms with E-state index in [0.717, 1.165) is 6.08 Å². The Morgan fingerprint density at radius 2 is 1.76 bits per heavy atom. The lowest BCUT2D eigenvalue weighted by Crippen LogP contribution is -2.49. The van der Waals surface area contributed by atoms with Crippen LogP contribution in [0.25, 0.3) is 16.8 Å². The van der Waals surface area contributed by atoms with E-state index in [9.17, 15) is 18.0 Å². The molecule has 9 nitrogen and oxygen atoms in total. The zero-order valence-electron chi connectivity index (χ0n) is 20.4. The lowest BCUT2D eigenvalue weighted by atomic mass is 9.90. The smallest absolute Gasteiger partial charge is 0.416 e. The largest absolute Gasteiger partial charge is 0.422 e. The average molecular weight is 537 g/mol. The van der Waals surface area contributed by atoms with Crippen molar-refractivity contribution in [3.63, 3.8) is 0 Å². The highest BCUT2D eigenvalue weighted by Crippen LogP contribution is 2.40. The third-order valence-corrected chi connectivity index (χ3v) is 6.46. The molecule has 0 unspecified atom stereocenters. The summed E-state index contributed by atoms with van der Waals surface area (Å²) in [6.45, 7) is 6.92. The van der Waals surface area contributed by atoms with Gasteiger partial charge in [0.2, 0.25) is 17.4 Å². The van der Waals surface area contributed by atoms with E-state index in [2.05, 4.69) is 20.1 Å². The standard InChI is InChI=1S/C24H24ClF3N6O3/c1-23(2,3)21-30-18(32-37-21)14-5-4-13(12-15(14)24(26,27)28)20(35)33-8-10-34(11-9-33)22-31-19-16(36-22)6-7-17(25)29-19/h6-7,12H,4-5,8-11H2,1-3H3. The topological polar surface area (TPSA) is 101 Å². The van der Waals surface area contributed by atoms with Gasteiger partial charge < -0.3 is 18.7 Å². The zero-order valence-corrected chi connectivity index (χ0v) is 21.2. The van der Waals surface area contributed by atoms with Crippen LogP contribution in [0.5, 0.6) is 0 Å².